The molecule has 1 aliphatic rings. The SMILES string of the molecule is CC(C)S(=O)(=O)c1ccccc1C(=O)N1CCC(CC(=O)O)CC1. The lowest BCUT2D eigenvalue weighted by Gasteiger charge is -2.32. The molecule has 132 valence electrons. The average molecular weight is 353 g/mol. The van der Waals surface area contributed by atoms with E-state index in [-0.39, 0.29) is 28.7 Å². The number of sulfone groups is 1. The van der Waals surface area contributed by atoms with Crippen LogP contribution >= 0.6 is 0 Å². The quantitative estimate of drug-likeness (QED) is 0.876. The summed E-state index contributed by atoms with van der Waals surface area (Å²) in [4.78, 5) is 25.2. The van der Waals surface area contributed by atoms with Crippen molar-refractivity contribution in [2.75, 3.05) is 13.1 Å². The number of carbonyl (C=O) groups is 2. The number of carbonyl (C=O) groups excluding carboxylic acids is 1. The molecule has 2 rings (SSSR count). The monoisotopic (exact) mass is 353 g/mol. The minimum absolute atomic E-state index is 0.0673. The van der Waals surface area contributed by atoms with Gasteiger partial charge in [-0.3, -0.25) is 9.59 Å². The van der Waals surface area contributed by atoms with E-state index < -0.39 is 21.1 Å². The number of nitrogens with zero attached hydrogens (tertiary/aromatic N) is 1. The van der Waals surface area contributed by atoms with Crippen LogP contribution in [-0.4, -0.2) is 48.6 Å². The van der Waals surface area contributed by atoms with Crippen LogP contribution in [0.15, 0.2) is 29.2 Å². The van der Waals surface area contributed by atoms with Gasteiger partial charge < -0.3 is 10.0 Å². The molecule has 0 unspecified atom stereocenters. The highest BCUT2D eigenvalue weighted by atomic mass is 32.2. The molecule has 0 atom stereocenters. The van der Waals surface area contributed by atoms with Crippen molar-refractivity contribution in [3.05, 3.63) is 29.8 Å². The molecule has 1 aliphatic heterocycles. The van der Waals surface area contributed by atoms with Gasteiger partial charge >= 0.3 is 5.97 Å². The molecule has 0 aliphatic carbocycles. The Balaban J connectivity index is 2.19. The standard InChI is InChI=1S/C17H23NO5S/c1-12(2)24(22,23)15-6-4-3-5-14(15)17(21)18-9-7-13(8-10-18)11-16(19)20/h3-6,12-13H,7-11H2,1-2H3,(H,19,20). The van der Waals surface area contributed by atoms with E-state index in [1.165, 1.54) is 6.07 Å². The van der Waals surface area contributed by atoms with Crippen LogP contribution in [0, 0.1) is 5.92 Å². The number of rotatable bonds is 5. The molecule has 7 heteroatoms. The number of likely N-dealkylation sites (tertiary alicyclic amines) is 1. The molecule has 0 radical (unpaired) electrons. The Morgan fingerprint density at radius 2 is 1.79 bits per heavy atom. The number of hydrogen-bond donors (Lipinski definition) is 1. The minimum atomic E-state index is -3.54. The van der Waals surface area contributed by atoms with Gasteiger partial charge in [0.05, 0.1) is 15.7 Å². The van der Waals surface area contributed by atoms with Crippen LogP contribution in [0.5, 0.6) is 0 Å². The number of amides is 1. The lowest BCUT2D eigenvalue weighted by Crippen LogP contribution is -2.39. The zero-order chi connectivity index (χ0) is 17.9. The highest BCUT2D eigenvalue weighted by molar-refractivity contribution is 7.92. The summed E-state index contributed by atoms with van der Waals surface area (Å²) in [5, 5.41) is 8.25. The molecular formula is C17H23NO5S. The largest absolute Gasteiger partial charge is 0.481 e. The summed E-state index contributed by atoms with van der Waals surface area (Å²) < 4.78 is 25.0. The predicted molar refractivity (Wildman–Crippen MR) is 89.6 cm³/mol. The van der Waals surface area contributed by atoms with Crippen molar-refractivity contribution in [3.63, 3.8) is 0 Å². The zero-order valence-electron chi connectivity index (χ0n) is 13.9. The number of aliphatic carboxylic acids is 1. The first-order chi connectivity index (χ1) is 11.2. The summed E-state index contributed by atoms with van der Waals surface area (Å²) in [6, 6.07) is 6.29. The predicted octanol–water partition coefficient (Wildman–Crippen LogP) is 2.20. The molecule has 24 heavy (non-hydrogen) atoms. The molecule has 1 N–H and O–H groups in total. The highest BCUT2D eigenvalue weighted by Crippen LogP contribution is 2.25. The van der Waals surface area contributed by atoms with Crippen LogP contribution in [0.4, 0.5) is 0 Å². The molecule has 1 aromatic rings. The van der Waals surface area contributed by atoms with Gasteiger partial charge in [0.1, 0.15) is 0 Å². The van der Waals surface area contributed by atoms with E-state index >= 15 is 0 Å². The molecule has 0 bridgehead atoms. The van der Waals surface area contributed by atoms with E-state index in [0.717, 1.165) is 0 Å². The van der Waals surface area contributed by atoms with Crippen molar-refractivity contribution in [2.45, 2.75) is 43.3 Å². The Hall–Kier alpha value is -1.89. The third-order valence-corrected chi connectivity index (χ3v) is 6.62. The van der Waals surface area contributed by atoms with E-state index in [1.54, 1.807) is 36.9 Å². The van der Waals surface area contributed by atoms with Gasteiger partial charge in [0.2, 0.25) is 0 Å². The Morgan fingerprint density at radius 3 is 2.33 bits per heavy atom. The van der Waals surface area contributed by atoms with Gasteiger partial charge in [0, 0.05) is 19.5 Å². The maximum absolute atomic E-state index is 12.8. The summed E-state index contributed by atoms with van der Waals surface area (Å²) in [5.74, 6) is -1.06. The Bertz CT molecular complexity index is 718. The van der Waals surface area contributed by atoms with Crippen molar-refractivity contribution >= 4 is 21.7 Å². The normalized spacial score (nSPS) is 16.4. The van der Waals surface area contributed by atoms with Gasteiger partial charge in [-0.15, -0.1) is 0 Å². The van der Waals surface area contributed by atoms with Gasteiger partial charge in [-0.2, -0.15) is 0 Å². The number of carboxylic acids is 1. The van der Waals surface area contributed by atoms with Crippen LogP contribution in [0.3, 0.4) is 0 Å². The van der Waals surface area contributed by atoms with Crippen molar-refractivity contribution in [1.82, 2.24) is 4.90 Å². The number of hydrogen-bond acceptors (Lipinski definition) is 4. The number of piperidine rings is 1. The second kappa shape index (κ2) is 7.34. The molecule has 0 aromatic heterocycles. The van der Waals surface area contributed by atoms with Crippen molar-refractivity contribution in [1.29, 1.82) is 0 Å². The summed E-state index contributed by atoms with van der Waals surface area (Å²) in [7, 11) is -3.54. The van der Waals surface area contributed by atoms with E-state index in [2.05, 4.69) is 0 Å². The molecule has 1 aromatic carbocycles. The molecule has 6 nitrogen and oxygen atoms in total. The van der Waals surface area contributed by atoms with Gasteiger partial charge in [0.25, 0.3) is 5.91 Å². The molecule has 0 spiro atoms. The average Bonchev–Trinajstić information content (AvgIpc) is 2.54. The first kappa shape index (κ1) is 18.4. The van der Waals surface area contributed by atoms with Crippen LogP contribution in [0.1, 0.15) is 43.5 Å². The molecule has 1 saturated heterocycles. The summed E-state index contributed by atoms with van der Waals surface area (Å²) in [5.41, 5.74) is 0.197. The number of benzene rings is 1. The van der Waals surface area contributed by atoms with Crippen molar-refractivity contribution in [2.24, 2.45) is 5.92 Å². The topological polar surface area (TPSA) is 91.8 Å². The highest BCUT2D eigenvalue weighted by Gasteiger charge is 2.30. The van der Waals surface area contributed by atoms with Crippen molar-refractivity contribution < 1.29 is 23.1 Å². The van der Waals surface area contributed by atoms with Gasteiger partial charge in [-0.1, -0.05) is 12.1 Å². The van der Waals surface area contributed by atoms with E-state index in [9.17, 15) is 18.0 Å². The second-order valence-electron chi connectivity index (χ2n) is 6.42. The van der Waals surface area contributed by atoms with Crippen LogP contribution in [-0.2, 0) is 14.6 Å². The Kier molecular flexibility index (Phi) is 5.64. The van der Waals surface area contributed by atoms with E-state index in [1.807, 2.05) is 0 Å². The molecule has 0 saturated carbocycles. The maximum Gasteiger partial charge on any atom is 0.303 e. The first-order valence-corrected chi connectivity index (χ1v) is 9.62. The third kappa shape index (κ3) is 3.95. The van der Waals surface area contributed by atoms with Crippen LogP contribution in [0.25, 0.3) is 0 Å². The lowest BCUT2D eigenvalue weighted by atomic mass is 9.93. The Labute approximate surface area is 142 Å². The van der Waals surface area contributed by atoms with E-state index in [0.29, 0.717) is 25.9 Å². The summed E-state index contributed by atoms with van der Waals surface area (Å²) in [6.07, 6.45) is 1.36. The van der Waals surface area contributed by atoms with Crippen LogP contribution in [0.2, 0.25) is 0 Å². The van der Waals surface area contributed by atoms with Crippen molar-refractivity contribution in [3.8, 4) is 0 Å². The first-order valence-electron chi connectivity index (χ1n) is 8.07. The second-order valence-corrected chi connectivity index (χ2v) is 8.90. The fourth-order valence-corrected chi connectivity index (χ4v) is 4.14. The summed E-state index contributed by atoms with van der Waals surface area (Å²) >= 11 is 0. The fourth-order valence-electron chi connectivity index (χ4n) is 2.90. The minimum Gasteiger partial charge on any atom is -0.481 e. The van der Waals surface area contributed by atoms with E-state index in [4.69, 9.17) is 5.11 Å². The fraction of sp³-hybridized carbons (Fsp3) is 0.529. The van der Waals surface area contributed by atoms with Gasteiger partial charge in [-0.25, -0.2) is 8.42 Å². The van der Waals surface area contributed by atoms with Crippen LogP contribution < -0.4 is 0 Å². The lowest BCUT2D eigenvalue weighted by molar-refractivity contribution is -0.138. The third-order valence-electron chi connectivity index (χ3n) is 4.41. The number of carboxylic acid groups (broad SMARTS) is 1. The molecular weight excluding hydrogens is 330 g/mol. The molecule has 1 amide bonds. The Morgan fingerprint density at radius 1 is 1.21 bits per heavy atom. The van der Waals surface area contributed by atoms with Gasteiger partial charge in [-0.05, 0) is 44.7 Å². The maximum atomic E-state index is 12.8. The van der Waals surface area contributed by atoms with Gasteiger partial charge in [0.15, 0.2) is 9.84 Å². The summed E-state index contributed by atoms with van der Waals surface area (Å²) in [6.45, 7) is 4.08. The molecule has 1 heterocycles. The molecule has 1 fully saturated rings. The zero-order valence-corrected chi connectivity index (χ0v) is 14.8. The smallest absolute Gasteiger partial charge is 0.303 e.